The zero-order chi connectivity index (χ0) is 23.7. The molecule has 5 rings (SSSR count). The molecule has 0 saturated carbocycles. The summed E-state index contributed by atoms with van der Waals surface area (Å²) in [6.07, 6.45) is 2.93. The number of rotatable bonds is 4. The summed E-state index contributed by atoms with van der Waals surface area (Å²) in [4.78, 5) is 29.9. The summed E-state index contributed by atoms with van der Waals surface area (Å²) in [7, 11) is -3.08. The molecule has 2 aromatic carbocycles. The van der Waals surface area contributed by atoms with Gasteiger partial charge >= 0.3 is 196 Å². The van der Waals surface area contributed by atoms with Crippen LogP contribution in [-0.4, -0.2) is 45.5 Å². The quantitative estimate of drug-likeness (QED) is 0.440. The molecule has 0 spiro atoms. The predicted molar refractivity (Wildman–Crippen MR) is 133 cm³/mol. The van der Waals surface area contributed by atoms with E-state index in [4.69, 9.17) is 0 Å². The van der Waals surface area contributed by atoms with Gasteiger partial charge in [0.2, 0.25) is 0 Å². The van der Waals surface area contributed by atoms with Crippen molar-refractivity contribution in [2.75, 3.05) is 30.3 Å². The molecule has 1 aliphatic heterocycles. The van der Waals surface area contributed by atoms with Crippen molar-refractivity contribution >= 4 is 29.4 Å². The van der Waals surface area contributed by atoms with Gasteiger partial charge in [-0.05, 0) is 0 Å². The number of anilines is 1. The number of halogens is 1. The molecule has 0 radical (unpaired) electrons. The van der Waals surface area contributed by atoms with E-state index >= 15 is 0 Å². The van der Waals surface area contributed by atoms with E-state index in [0.717, 1.165) is 10.9 Å². The van der Waals surface area contributed by atoms with Crippen LogP contribution in [0.5, 0.6) is 0 Å². The second-order valence-corrected chi connectivity index (χ2v) is 12.1. The number of nitrogens with one attached hydrogen (secondary N) is 1. The standard InChI is InChI=1S/C25H23FN5O2P/c26-21-8-7-17(14-22-19-5-1-2-6-20(19)25(32)30-29-22)15-23(21)34(33)12-10-31(11-13-34)24-18(16-27)4-3-9-28-24/h1-9,15,33-34H,10-14H2,(H,30,32). The van der Waals surface area contributed by atoms with Crippen LogP contribution in [0.2, 0.25) is 0 Å². The maximum absolute atomic E-state index is 14.9. The number of hydrogen-bond donors (Lipinski definition) is 2. The number of fused-ring (bicyclic) bond motifs is 1. The Morgan fingerprint density at radius 1 is 1.12 bits per heavy atom. The molecule has 172 valence electrons. The fourth-order valence-electron chi connectivity index (χ4n) is 4.63. The maximum atomic E-state index is 14.9. The minimum atomic E-state index is -3.08. The molecule has 2 N–H and O–H groups in total. The fourth-order valence-corrected chi connectivity index (χ4v) is 7.68. The summed E-state index contributed by atoms with van der Waals surface area (Å²) in [6.45, 7) is 1.01. The zero-order valence-electron chi connectivity index (χ0n) is 18.3. The molecule has 0 atom stereocenters. The van der Waals surface area contributed by atoms with E-state index in [1.54, 1.807) is 42.6 Å². The number of nitriles is 1. The van der Waals surface area contributed by atoms with Gasteiger partial charge in [0, 0.05) is 0 Å². The van der Waals surface area contributed by atoms with Gasteiger partial charge in [-0.15, -0.1) is 0 Å². The summed E-state index contributed by atoms with van der Waals surface area (Å²) in [5.74, 6) is 0.201. The van der Waals surface area contributed by atoms with Crippen molar-refractivity contribution in [3.8, 4) is 6.07 Å². The molecular weight excluding hydrogens is 452 g/mol. The van der Waals surface area contributed by atoms with E-state index in [1.807, 2.05) is 17.0 Å². The molecule has 0 unspecified atom stereocenters. The van der Waals surface area contributed by atoms with Gasteiger partial charge in [0.25, 0.3) is 0 Å². The first kappa shape index (κ1) is 22.1. The third-order valence-electron chi connectivity index (χ3n) is 6.48. The first-order valence-electron chi connectivity index (χ1n) is 11.1. The number of pyridine rings is 1. The summed E-state index contributed by atoms with van der Waals surface area (Å²) in [6, 6.07) is 17.7. The molecule has 1 saturated heterocycles. The van der Waals surface area contributed by atoms with Gasteiger partial charge in [0.05, 0.1) is 0 Å². The third kappa shape index (κ3) is 4.05. The second-order valence-electron chi connectivity index (χ2n) is 8.54. The Bertz CT molecular complexity index is 1470. The van der Waals surface area contributed by atoms with E-state index in [1.165, 1.54) is 6.07 Å². The monoisotopic (exact) mass is 475 g/mol. The van der Waals surface area contributed by atoms with Crippen molar-refractivity contribution < 1.29 is 9.28 Å². The van der Waals surface area contributed by atoms with Crippen LogP contribution in [0.4, 0.5) is 10.2 Å². The molecule has 9 heteroatoms. The topological polar surface area (TPSA) is 106 Å². The molecule has 2 aromatic heterocycles. The summed E-state index contributed by atoms with van der Waals surface area (Å²) >= 11 is 0. The van der Waals surface area contributed by atoms with Crippen LogP contribution in [-0.2, 0) is 6.42 Å². The van der Waals surface area contributed by atoms with Crippen LogP contribution in [0.25, 0.3) is 10.8 Å². The molecular formula is C25H23FN5O2P. The average molecular weight is 475 g/mol. The third-order valence-corrected chi connectivity index (χ3v) is 9.96. The molecule has 0 amide bonds. The van der Waals surface area contributed by atoms with Crippen molar-refractivity contribution in [3.63, 3.8) is 0 Å². The Hall–Kier alpha value is -3.66. The first-order chi connectivity index (χ1) is 16.5. The van der Waals surface area contributed by atoms with E-state index in [0.29, 0.717) is 59.6 Å². The zero-order valence-corrected chi connectivity index (χ0v) is 19.3. The van der Waals surface area contributed by atoms with Gasteiger partial charge in [-0.1, -0.05) is 0 Å². The Balaban J connectivity index is 1.41. The van der Waals surface area contributed by atoms with E-state index in [9.17, 15) is 19.3 Å². The molecule has 3 heterocycles. The Morgan fingerprint density at radius 2 is 1.88 bits per heavy atom. The van der Waals surface area contributed by atoms with E-state index in [-0.39, 0.29) is 5.56 Å². The molecule has 34 heavy (non-hydrogen) atoms. The van der Waals surface area contributed by atoms with Gasteiger partial charge in [0.15, 0.2) is 0 Å². The SMILES string of the molecule is N#Cc1cccnc1N1CC[PH](O)(c2cc(Cc3n[nH]c(=O)c4ccccc34)ccc2F)CC1. The summed E-state index contributed by atoms with van der Waals surface area (Å²) in [5, 5.41) is 17.8. The predicted octanol–water partition coefficient (Wildman–Crippen LogP) is 2.72. The van der Waals surface area contributed by atoms with E-state index in [2.05, 4.69) is 21.3 Å². The minimum absolute atomic E-state index is 0.250. The van der Waals surface area contributed by atoms with Crippen molar-refractivity contribution in [2.24, 2.45) is 0 Å². The molecule has 1 aliphatic rings. The van der Waals surface area contributed by atoms with Crippen molar-refractivity contribution in [1.82, 2.24) is 15.2 Å². The van der Waals surface area contributed by atoms with Crippen LogP contribution in [0.1, 0.15) is 16.8 Å². The van der Waals surface area contributed by atoms with Gasteiger partial charge in [-0.2, -0.15) is 0 Å². The van der Waals surface area contributed by atoms with Crippen LogP contribution >= 0.6 is 7.49 Å². The van der Waals surface area contributed by atoms with Crippen LogP contribution < -0.4 is 15.8 Å². The fraction of sp³-hybridized carbons (Fsp3) is 0.200. The number of aromatic nitrogens is 3. The Kier molecular flexibility index (Phi) is 5.82. The van der Waals surface area contributed by atoms with Crippen molar-refractivity contribution in [2.45, 2.75) is 6.42 Å². The van der Waals surface area contributed by atoms with Crippen LogP contribution in [0.15, 0.2) is 65.6 Å². The number of aromatic amines is 1. The molecule has 0 aliphatic carbocycles. The second kappa shape index (κ2) is 8.94. The summed E-state index contributed by atoms with van der Waals surface area (Å²) in [5.41, 5.74) is 1.75. The number of H-pyrrole nitrogens is 1. The Morgan fingerprint density at radius 3 is 2.65 bits per heavy atom. The van der Waals surface area contributed by atoms with Gasteiger partial charge in [-0.25, -0.2) is 0 Å². The summed E-state index contributed by atoms with van der Waals surface area (Å²) < 4.78 is 14.9. The van der Waals surface area contributed by atoms with Gasteiger partial charge in [0.1, 0.15) is 0 Å². The average Bonchev–Trinajstić information content (AvgIpc) is 2.87. The normalized spacial score (nSPS) is 16.2. The molecule has 1 fully saturated rings. The number of nitrogens with zero attached hydrogens (tertiary/aromatic N) is 4. The molecule has 7 nitrogen and oxygen atoms in total. The Labute approximate surface area is 195 Å². The number of hydrogen-bond acceptors (Lipinski definition) is 6. The van der Waals surface area contributed by atoms with Gasteiger partial charge in [-0.3, -0.25) is 0 Å². The van der Waals surface area contributed by atoms with Crippen molar-refractivity contribution in [3.05, 3.63) is 93.8 Å². The molecule has 4 aromatic rings. The molecule has 0 bridgehead atoms. The van der Waals surface area contributed by atoms with Gasteiger partial charge < -0.3 is 0 Å². The van der Waals surface area contributed by atoms with Crippen LogP contribution in [0, 0.1) is 17.1 Å². The van der Waals surface area contributed by atoms with Crippen molar-refractivity contribution in [1.29, 1.82) is 5.26 Å². The van der Waals surface area contributed by atoms with E-state index < -0.39 is 13.3 Å². The van der Waals surface area contributed by atoms with Crippen LogP contribution in [0.3, 0.4) is 0 Å². The first-order valence-corrected chi connectivity index (χ1v) is 13.4. The number of benzene rings is 2.